The molecule has 0 bridgehead atoms. The molecule has 1 N–H and O–H groups in total. The molecule has 1 aliphatic rings. The van der Waals surface area contributed by atoms with Crippen LogP contribution in [-0.4, -0.2) is 13.1 Å². The van der Waals surface area contributed by atoms with Gasteiger partial charge in [-0.2, -0.15) is 0 Å². The molecule has 2 rings (SSSR count). The van der Waals surface area contributed by atoms with Gasteiger partial charge < -0.3 is 5.32 Å². The van der Waals surface area contributed by atoms with Crippen molar-refractivity contribution in [1.29, 1.82) is 0 Å². The zero-order valence-electron chi connectivity index (χ0n) is 11.1. The fraction of sp³-hybridized carbons (Fsp3) is 0.500. The number of benzene rings is 1. The van der Waals surface area contributed by atoms with Gasteiger partial charge in [-0.3, -0.25) is 0 Å². The average Bonchev–Trinajstić information content (AvgIpc) is 2.38. The van der Waals surface area contributed by atoms with Crippen molar-refractivity contribution in [3.05, 3.63) is 41.5 Å². The molecule has 0 unspecified atom stereocenters. The molecule has 92 valence electrons. The van der Waals surface area contributed by atoms with Crippen LogP contribution in [0.15, 0.2) is 24.8 Å². The Balaban J connectivity index is 2.38. The van der Waals surface area contributed by atoms with Crippen LogP contribution < -0.4 is 5.32 Å². The van der Waals surface area contributed by atoms with Crippen LogP contribution in [0.4, 0.5) is 0 Å². The highest BCUT2D eigenvalue weighted by Gasteiger charge is 2.19. The number of piperidine rings is 1. The molecule has 1 heterocycles. The molecule has 1 aromatic carbocycles. The van der Waals surface area contributed by atoms with Crippen molar-refractivity contribution < 1.29 is 0 Å². The summed E-state index contributed by atoms with van der Waals surface area (Å²) in [4.78, 5) is 0. The van der Waals surface area contributed by atoms with Crippen LogP contribution in [0.3, 0.4) is 0 Å². The predicted octanol–water partition coefficient (Wildman–Crippen LogP) is 3.75. The number of hydrogen-bond donors (Lipinski definition) is 1. The summed E-state index contributed by atoms with van der Waals surface area (Å²) in [6, 6.07) is 6.73. The fourth-order valence-corrected chi connectivity index (χ4v) is 2.91. The number of nitrogens with one attached hydrogen (secondary N) is 1. The van der Waals surface area contributed by atoms with Crippen LogP contribution in [0.2, 0.25) is 0 Å². The quantitative estimate of drug-likeness (QED) is 0.832. The molecule has 0 aliphatic carbocycles. The highest BCUT2D eigenvalue weighted by molar-refractivity contribution is 5.66. The van der Waals surface area contributed by atoms with Crippen molar-refractivity contribution in [2.24, 2.45) is 0 Å². The van der Waals surface area contributed by atoms with E-state index in [-0.39, 0.29) is 0 Å². The third kappa shape index (κ3) is 2.61. The molecule has 0 amide bonds. The van der Waals surface area contributed by atoms with Gasteiger partial charge >= 0.3 is 0 Å². The SMILES string of the molecule is C=C(C)c1cccc(C2CCNCC2)c1CC. The third-order valence-corrected chi connectivity index (χ3v) is 3.80. The molecule has 0 spiro atoms. The summed E-state index contributed by atoms with van der Waals surface area (Å²) in [6.45, 7) is 10.8. The highest BCUT2D eigenvalue weighted by Crippen LogP contribution is 2.32. The molecule has 1 fully saturated rings. The Morgan fingerprint density at radius 2 is 2.06 bits per heavy atom. The first-order valence-electron chi connectivity index (χ1n) is 6.72. The summed E-state index contributed by atoms with van der Waals surface area (Å²) >= 11 is 0. The zero-order chi connectivity index (χ0) is 12.3. The van der Waals surface area contributed by atoms with Gasteiger partial charge in [0.05, 0.1) is 0 Å². The topological polar surface area (TPSA) is 12.0 Å². The van der Waals surface area contributed by atoms with Crippen LogP contribution in [0.5, 0.6) is 0 Å². The average molecular weight is 229 g/mol. The molecule has 1 aromatic rings. The van der Waals surface area contributed by atoms with E-state index in [0.29, 0.717) is 0 Å². The summed E-state index contributed by atoms with van der Waals surface area (Å²) < 4.78 is 0. The van der Waals surface area contributed by atoms with E-state index in [0.717, 1.165) is 25.4 Å². The second-order valence-electron chi connectivity index (χ2n) is 5.03. The molecule has 0 radical (unpaired) electrons. The standard InChI is InChI=1S/C16H23N/c1-4-14-15(12(2)3)6-5-7-16(14)13-8-10-17-11-9-13/h5-7,13,17H,2,4,8-11H2,1,3H3. The van der Waals surface area contributed by atoms with Crippen molar-refractivity contribution in [3.8, 4) is 0 Å². The van der Waals surface area contributed by atoms with Gasteiger partial charge in [-0.25, -0.2) is 0 Å². The molecular formula is C16H23N. The normalized spacial score (nSPS) is 17.1. The summed E-state index contributed by atoms with van der Waals surface area (Å²) in [5.41, 5.74) is 5.64. The van der Waals surface area contributed by atoms with Crippen LogP contribution in [0.1, 0.15) is 49.3 Å². The van der Waals surface area contributed by atoms with Gasteiger partial charge in [0, 0.05) is 0 Å². The maximum Gasteiger partial charge on any atom is -0.00431 e. The van der Waals surface area contributed by atoms with Gasteiger partial charge in [0.25, 0.3) is 0 Å². The van der Waals surface area contributed by atoms with Crippen molar-refractivity contribution in [1.82, 2.24) is 5.32 Å². The van der Waals surface area contributed by atoms with Crippen LogP contribution in [0, 0.1) is 0 Å². The van der Waals surface area contributed by atoms with Gasteiger partial charge in [0.2, 0.25) is 0 Å². The minimum absolute atomic E-state index is 0.741. The Kier molecular flexibility index (Phi) is 4.01. The van der Waals surface area contributed by atoms with Crippen LogP contribution in [0.25, 0.3) is 5.57 Å². The molecule has 0 atom stereocenters. The maximum atomic E-state index is 4.11. The van der Waals surface area contributed by atoms with Gasteiger partial charge in [0.15, 0.2) is 0 Å². The van der Waals surface area contributed by atoms with Crippen molar-refractivity contribution in [3.63, 3.8) is 0 Å². The van der Waals surface area contributed by atoms with Gasteiger partial charge in [-0.15, -0.1) is 0 Å². The number of rotatable bonds is 3. The van der Waals surface area contributed by atoms with Crippen molar-refractivity contribution in [2.75, 3.05) is 13.1 Å². The van der Waals surface area contributed by atoms with E-state index < -0.39 is 0 Å². The maximum absolute atomic E-state index is 4.11. The van der Waals surface area contributed by atoms with Crippen molar-refractivity contribution in [2.45, 2.75) is 39.0 Å². The first-order chi connectivity index (χ1) is 8.24. The minimum Gasteiger partial charge on any atom is -0.317 e. The molecule has 1 saturated heterocycles. The van der Waals surface area contributed by atoms with Crippen LogP contribution in [-0.2, 0) is 6.42 Å². The van der Waals surface area contributed by atoms with E-state index in [2.05, 4.69) is 43.9 Å². The van der Waals surface area contributed by atoms with E-state index in [1.165, 1.54) is 29.5 Å². The lowest BCUT2D eigenvalue weighted by Crippen LogP contribution is -2.27. The third-order valence-electron chi connectivity index (χ3n) is 3.80. The van der Waals surface area contributed by atoms with E-state index >= 15 is 0 Å². The largest absolute Gasteiger partial charge is 0.317 e. The Labute approximate surface area is 105 Å². The molecule has 1 nitrogen and oxygen atoms in total. The minimum atomic E-state index is 0.741. The number of allylic oxidation sites excluding steroid dienone is 1. The Morgan fingerprint density at radius 3 is 2.65 bits per heavy atom. The summed E-state index contributed by atoms with van der Waals surface area (Å²) in [5.74, 6) is 0.741. The Hall–Kier alpha value is -1.08. The summed E-state index contributed by atoms with van der Waals surface area (Å²) in [7, 11) is 0. The Bertz CT molecular complexity index is 400. The molecule has 1 heteroatoms. The van der Waals surface area contributed by atoms with Gasteiger partial charge in [-0.05, 0) is 61.9 Å². The summed E-state index contributed by atoms with van der Waals surface area (Å²) in [6.07, 6.45) is 3.65. The molecule has 0 aromatic heterocycles. The van der Waals surface area contributed by atoms with Gasteiger partial charge in [-0.1, -0.05) is 37.3 Å². The second kappa shape index (κ2) is 5.50. The lowest BCUT2D eigenvalue weighted by atomic mass is 9.83. The Morgan fingerprint density at radius 1 is 1.35 bits per heavy atom. The predicted molar refractivity (Wildman–Crippen MR) is 75.4 cm³/mol. The van der Waals surface area contributed by atoms with Crippen molar-refractivity contribution >= 4 is 5.57 Å². The molecular weight excluding hydrogens is 206 g/mol. The monoisotopic (exact) mass is 229 g/mol. The lowest BCUT2D eigenvalue weighted by molar-refractivity contribution is 0.458. The van der Waals surface area contributed by atoms with E-state index in [1.807, 2.05) is 0 Å². The highest BCUT2D eigenvalue weighted by atomic mass is 14.9. The van der Waals surface area contributed by atoms with Crippen LogP contribution >= 0.6 is 0 Å². The molecule has 1 aliphatic heterocycles. The second-order valence-corrected chi connectivity index (χ2v) is 5.03. The van der Waals surface area contributed by atoms with Gasteiger partial charge in [0.1, 0.15) is 0 Å². The first-order valence-corrected chi connectivity index (χ1v) is 6.72. The van der Waals surface area contributed by atoms with E-state index in [9.17, 15) is 0 Å². The fourth-order valence-electron chi connectivity index (χ4n) is 2.91. The summed E-state index contributed by atoms with van der Waals surface area (Å²) in [5, 5.41) is 3.44. The smallest absolute Gasteiger partial charge is 0.00431 e. The molecule has 0 saturated carbocycles. The number of hydrogen-bond acceptors (Lipinski definition) is 1. The van der Waals surface area contributed by atoms with E-state index in [1.54, 1.807) is 5.56 Å². The van der Waals surface area contributed by atoms with E-state index in [4.69, 9.17) is 0 Å². The zero-order valence-corrected chi connectivity index (χ0v) is 11.1. The molecule has 17 heavy (non-hydrogen) atoms. The lowest BCUT2D eigenvalue weighted by Gasteiger charge is -2.26. The first kappa shape index (κ1) is 12.4.